The number of sulfonamides is 1. The predicted octanol–water partition coefficient (Wildman–Crippen LogP) is 2.45. The van der Waals surface area contributed by atoms with Crippen LogP contribution in [0.1, 0.15) is 5.56 Å². The maximum Gasteiger partial charge on any atom is 0.266 e. The van der Waals surface area contributed by atoms with Crippen molar-refractivity contribution < 1.29 is 13.2 Å². The lowest BCUT2D eigenvalue weighted by molar-refractivity contribution is 0.415. The molecular formula is C17H19N3O3S. The lowest BCUT2D eigenvalue weighted by atomic mass is 10.2. The van der Waals surface area contributed by atoms with Crippen molar-refractivity contribution in [2.24, 2.45) is 0 Å². The summed E-state index contributed by atoms with van der Waals surface area (Å²) in [5.74, 6) is 0.675. The van der Waals surface area contributed by atoms with Crippen molar-refractivity contribution in [1.82, 2.24) is 4.31 Å². The third-order valence-corrected chi connectivity index (χ3v) is 5.82. The number of methoxy groups -OCH3 is 1. The van der Waals surface area contributed by atoms with E-state index >= 15 is 0 Å². The van der Waals surface area contributed by atoms with Crippen LogP contribution in [0, 0.1) is 12.3 Å². The summed E-state index contributed by atoms with van der Waals surface area (Å²) in [6, 6.07) is 13.9. The van der Waals surface area contributed by atoms with Gasteiger partial charge in [-0.25, -0.2) is 12.7 Å². The molecule has 0 bridgehead atoms. The van der Waals surface area contributed by atoms with Gasteiger partial charge in [0.25, 0.3) is 10.0 Å². The van der Waals surface area contributed by atoms with Gasteiger partial charge in [-0.2, -0.15) is 0 Å². The molecule has 0 aromatic heterocycles. The first-order valence-electron chi connectivity index (χ1n) is 7.53. The number of rotatable bonds is 4. The van der Waals surface area contributed by atoms with Crippen LogP contribution in [0.5, 0.6) is 5.75 Å². The smallest absolute Gasteiger partial charge is 0.266 e. The number of guanidine groups is 1. The zero-order chi connectivity index (χ0) is 17.3. The van der Waals surface area contributed by atoms with Gasteiger partial charge in [0.1, 0.15) is 5.75 Å². The molecule has 0 saturated carbocycles. The van der Waals surface area contributed by atoms with E-state index < -0.39 is 10.0 Å². The van der Waals surface area contributed by atoms with E-state index in [9.17, 15) is 8.42 Å². The lowest BCUT2D eigenvalue weighted by Gasteiger charge is -2.21. The fourth-order valence-electron chi connectivity index (χ4n) is 2.62. The van der Waals surface area contributed by atoms with Gasteiger partial charge in [-0.3, -0.25) is 5.41 Å². The van der Waals surface area contributed by atoms with E-state index in [4.69, 9.17) is 10.1 Å². The van der Waals surface area contributed by atoms with Gasteiger partial charge in [0, 0.05) is 12.2 Å². The quantitative estimate of drug-likeness (QED) is 0.924. The van der Waals surface area contributed by atoms with Crippen molar-refractivity contribution >= 4 is 21.7 Å². The van der Waals surface area contributed by atoms with E-state index in [1.807, 2.05) is 19.1 Å². The Labute approximate surface area is 141 Å². The number of nitrogens with zero attached hydrogens (tertiary/aromatic N) is 2. The molecule has 0 unspecified atom stereocenters. The fourth-order valence-corrected chi connectivity index (χ4v) is 4.01. The number of nitrogens with one attached hydrogen (secondary N) is 1. The van der Waals surface area contributed by atoms with Crippen LogP contribution in [0.15, 0.2) is 53.4 Å². The Morgan fingerprint density at radius 3 is 2.21 bits per heavy atom. The molecule has 24 heavy (non-hydrogen) atoms. The molecule has 1 aliphatic rings. The maximum atomic E-state index is 12.8. The second-order valence-corrected chi connectivity index (χ2v) is 7.43. The van der Waals surface area contributed by atoms with Crippen molar-refractivity contribution in [3.63, 3.8) is 0 Å². The van der Waals surface area contributed by atoms with Crippen LogP contribution < -0.4 is 9.64 Å². The summed E-state index contributed by atoms with van der Waals surface area (Å²) < 4.78 is 31.8. The molecule has 3 rings (SSSR count). The molecule has 1 fully saturated rings. The monoisotopic (exact) mass is 345 g/mol. The number of hydrogen-bond acceptors (Lipinski definition) is 4. The first-order chi connectivity index (χ1) is 11.4. The second kappa shape index (κ2) is 6.16. The topological polar surface area (TPSA) is 73.7 Å². The molecule has 2 aromatic carbocycles. The standard InChI is InChI=1S/C17H19N3O3S/c1-13-3-9-16(10-4-13)24(21,22)20-12-11-19(17(20)18)14-5-7-15(23-2)8-6-14/h3-10,18H,11-12H2,1-2H3. The van der Waals surface area contributed by atoms with Crippen LogP contribution in [-0.2, 0) is 10.0 Å². The van der Waals surface area contributed by atoms with Crippen molar-refractivity contribution in [3.8, 4) is 5.75 Å². The van der Waals surface area contributed by atoms with Crippen molar-refractivity contribution in [1.29, 1.82) is 5.41 Å². The molecular weight excluding hydrogens is 326 g/mol. The summed E-state index contributed by atoms with van der Waals surface area (Å²) in [5, 5.41) is 8.29. The molecule has 0 spiro atoms. The predicted molar refractivity (Wildman–Crippen MR) is 93.1 cm³/mol. The average Bonchev–Trinajstić information content (AvgIpc) is 2.97. The highest BCUT2D eigenvalue weighted by atomic mass is 32.2. The first-order valence-corrected chi connectivity index (χ1v) is 8.97. The molecule has 126 valence electrons. The van der Waals surface area contributed by atoms with E-state index in [2.05, 4.69) is 0 Å². The summed E-state index contributed by atoms with van der Waals surface area (Å²) in [6.07, 6.45) is 0. The first kappa shape index (κ1) is 16.3. The molecule has 2 aromatic rings. The highest BCUT2D eigenvalue weighted by Gasteiger charge is 2.35. The fraction of sp³-hybridized carbons (Fsp3) is 0.235. The number of ether oxygens (including phenoxy) is 1. The van der Waals surface area contributed by atoms with Gasteiger partial charge in [0.2, 0.25) is 5.96 Å². The number of hydrogen-bond donors (Lipinski definition) is 1. The zero-order valence-electron chi connectivity index (χ0n) is 13.6. The van der Waals surface area contributed by atoms with E-state index in [-0.39, 0.29) is 17.4 Å². The Bertz CT molecular complexity index is 846. The molecule has 0 amide bonds. The SMILES string of the molecule is COc1ccc(N2CCN(S(=O)(=O)c3ccc(C)cc3)C2=N)cc1. The van der Waals surface area contributed by atoms with Gasteiger partial charge in [0.15, 0.2) is 0 Å². The molecule has 1 heterocycles. The van der Waals surface area contributed by atoms with E-state index in [1.54, 1.807) is 48.4 Å². The molecule has 1 aliphatic heterocycles. The van der Waals surface area contributed by atoms with Crippen LogP contribution in [0.2, 0.25) is 0 Å². The second-order valence-electron chi connectivity index (χ2n) is 5.56. The molecule has 0 radical (unpaired) electrons. The molecule has 1 N–H and O–H groups in total. The number of benzene rings is 2. The van der Waals surface area contributed by atoms with E-state index in [0.717, 1.165) is 15.6 Å². The molecule has 6 nitrogen and oxygen atoms in total. The van der Waals surface area contributed by atoms with Gasteiger partial charge >= 0.3 is 0 Å². The van der Waals surface area contributed by atoms with Crippen LogP contribution in [0.4, 0.5) is 5.69 Å². The average molecular weight is 345 g/mol. The third kappa shape index (κ3) is 2.82. The Kier molecular flexibility index (Phi) is 4.19. The summed E-state index contributed by atoms with van der Waals surface area (Å²) in [6.45, 7) is 2.59. The normalized spacial score (nSPS) is 15.0. The molecule has 7 heteroatoms. The summed E-state index contributed by atoms with van der Waals surface area (Å²) in [4.78, 5) is 1.87. The van der Waals surface area contributed by atoms with Crippen molar-refractivity contribution in [3.05, 3.63) is 54.1 Å². The Morgan fingerprint density at radius 1 is 1.00 bits per heavy atom. The van der Waals surface area contributed by atoms with Gasteiger partial charge in [-0.05, 0) is 43.3 Å². The molecule has 0 aliphatic carbocycles. The summed E-state index contributed by atoms with van der Waals surface area (Å²) in [5.41, 5.74) is 1.76. The minimum Gasteiger partial charge on any atom is -0.497 e. The van der Waals surface area contributed by atoms with Crippen molar-refractivity contribution in [2.45, 2.75) is 11.8 Å². The third-order valence-electron chi connectivity index (χ3n) is 4.01. The van der Waals surface area contributed by atoms with Crippen LogP contribution in [0.3, 0.4) is 0 Å². The largest absolute Gasteiger partial charge is 0.497 e. The Hall–Kier alpha value is -2.54. The Balaban J connectivity index is 1.86. The maximum absolute atomic E-state index is 12.8. The number of aryl methyl sites for hydroxylation is 1. The Morgan fingerprint density at radius 2 is 1.62 bits per heavy atom. The molecule has 1 saturated heterocycles. The van der Waals surface area contributed by atoms with Gasteiger partial charge < -0.3 is 9.64 Å². The zero-order valence-corrected chi connectivity index (χ0v) is 14.4. The minimum absolute atomic E-state index is 0.0410. The highest BCUT2D eigenvalue weighted by molar-refractivity contribution is 7.89. The summed E-state index contributed by atoms with van der Waals surface area (Å²) >= 11 is 0. The lowest BCUT2D eigenvalue weighted by Crippen LogP contribution is -2.36. The van der Waals surface area contributed by atoms with Crippen LogP contribution >= 0.6 is 0 Å². The molecule has 0 atom stereocenters. The summed E-state index contributed by atoms with van der Waals surface area (Å²) in [7, 11) is -2.13. The van der Waals surface area contributed by atoms with Crippen molar-refractivity contribution in [2.75, 3.05) is 25.1 Å². The van der Waals surface area contributed by atoms with Gasteiger partial charge in [0.05, 0.1) is 18.6 Å². The van der Waals surface area contributed by atoms with Crippen LogP contribution in [-0.4, -0.2) is 38.9 Å². The van der Waals surface area contributed by atoms with Crippen LogP contribution in [0.25, 0.3) is 0 Å². The van der Waals surface area contributed by atoms with E-state index in [1.165, 1.54) is 0 Å². The van der Waals surface area contributed by atoms with Gasteiger partial charge in [-0.15, -0.1) is 0 Å². The number of anilines is 1. The highest BCUT2D eigenvalue weighted by Crippen LogP contribution is 2.26. The minimum atomic E-state index is -3.72. The van der Waals surface area contributed by atoms with Gasteiger partial charge in [-0.1, -0.05) is 17.7 Å². The van der Waals surface area contributed by atoms with E-state index in [0.29, 0.717) is 12.3 Å².